The van der Waals surface area contributed by atoms with Crippen molar-refractivity contribution in [3.8, 4) is 0 Å². The van der Waals surface area contributed by atoms with Crippen LogP contribution in [0.5, 0.6) is 0 Å². The number of carbonyl (C=O) groups excluding carboxylic acids is 1. The second-order valence-corrected chi connectivity index (χ2v) is 8.26. The summed E-state index contributed by atoms with van der Waals surface area (Å²) in [6.07, 6.45) is 2.01. The van der Waals surface area contributed by atoms with E-state index in [1.54, 1.807) is 26.0 Å². The number of nitrogens with zero attached hydrogens (tertiary/aromatic N) is 2. The molecule has 0 unspecified atom stereocenters. The SMILES string of the molecule is CN=C(NCCc1cccc(C(=O)N(C)C)c1)NCC(C)(C)CC(C)C. The van der Waals surface area contributed by atoms with E-state index in [9.17, 15) is 4.79 Å². The predicted octanol–water partition coefficient (Wildman–Crippen LogP) is 3.17. The highest BCUT2D eigenvalue weighted by atomic mass is 16.2. The minimum absolute atomic E-state index is 0.0321. The summed E-state index contributed by atoms with van der Waals surface area (Å²) in [5.41, 5.74) is 2.10. The molecule has 0 aliphatic rings. The second kappa shape index (κ2) is 10.2. The van der Waals surface area contributed by atoms with Crippen molar-refractivity contribution in [1.29, 1.82) is 0 Å². The van der Waals surface area contributed by atoms with Crippen LogP contribution in [-0.4, -0.2) is 51.0 Å². The van der Waals surface area contributed by atoms with Gasteiger partial charge in [0.05, 0.1) is 0 Å². The lowest BCUT2D eigenvalue weighted by molar-refractivity contribution is 0.0827. The van der Waals surface area contributed by atoms with Crippen LogP contribution in [0.2, 0.25) is 0 Å². The fourth-order valence-corrected chi connectivity index (χ4v) is 3.16. The van der Waals surface area contributed by atoms with E-state index in [1.165, 1.54) is 6.42 Å². The molecule has 0 heterocycles. The van der Waals surface area contributed by atoms with Gasteiger partial charge in [0.1, 0.15) is 0 Å². The van der Waals surface area contributed by atoms with E-state index in [2.05, 4.69) is 49.4 Å². The maximum absolute atomic E-state index is 12.1. The van der Waals surface area contributed by atoms with Crippen LogP contribution in [0, 0.1) is 11.3 Å². The maximum Gasteiger partial charge on any atom is 0.253 e. The van der Waals surface area contributed by atoms with Gasteiger partial charge in [-0.3, -0.25) is 9.79 Å². The monoisotopic (exact) mass is 360 g/mol. The molecule has 1 amide bonds. The summed E-state index contributed by atoms with van der Waals surface area (Å²) in [5.74, 6) is 1.53. The van der Waals surface area contributed by atoms with Crippen LogP contribution in [-0.2, 0) is 6.42 Å². The van der Waals surface area contributed by atoms with Crippen LogP contribution >= 0.6 is 0 Å². The Labute approximate surface area is 159 Å². The zero-order chi connectivity index (χ0) is 19.7. The summed E-state index contributed by atoms with van der Waals surface area (Å²) in [4.78, 5) is 18.0. The summed E-state index contributed by atoms with van der Waals surface area (Å²) in [6, 6.07) is 7.81. The van der Waals surface area contributed by atoms with Gasteiger partial charge in [0.2, 0.25) is 0 Å². The van der Waals surface area contributed by atoms with Crippen molar-refractivity contribution in [2.75, 3.05) is 34.2 Å². The topological polar surface area (TPSA) is 56.7 Å². The quantitative estimate of drug-likeness (QED) is 0.553. The van der Waals surface area contributed by atoms with Gasteiger partial charge in [-0.15, -0.1) is 0 Å². The van der Waals surface area contributed by atoms with Crippen LogP contribution in [0.3, 0.4) is 0 Å². The minimum Gasteiger partial charge on any atom is -0.356 e. The van der Waals surface area contributed by atoms with Gasteiger partial charge in [0.25, 0.3) is 5.91 Å². The lowest BCUT2D eigenvalue weighted by Crippen LogP contribution is -2.43. The third-order valence-electron chi connectivity index (χ3n) is 4.21. The molecule has 0 saturated heterocycles. The Balaban J connectivity index is 2.51. The number of rotatable bonds is 8. The highest BCUT2D eigenvalue weighted by Crippen LogP contribution is 2.23. The molecular weight excluding hydrogens is 324 g/mol. The summed E-state index contributed by atoms with van der Waals surface area (Å²) < 4.78 is 0. The number of benzene rings is 1. The van der Waals surface area contributed by atoms with Crippen molar-refractivity contribution in [2.24, 2.45) is 16.3 Å². The summed E-state index contributed by atoms with van der Waals surface area (Å²) in [7, 11) is 5.33. The Bertz CT molecular complexity index is 606. The number of carbonyl (C=O) groups is 1. The molecule has 26 heavy (non-hydrogen) atoms. The van der Waals surface area contributed by atoms with E-state index in [4.69, 9.17) is 0 Å². The van der Waals surface area contributed by atoms with Gasteiger partial charge >= 0.3 is 0 Å². The first-order valence-electron chi connectivity index (χ1n) is 9.40. The van der Waals surface area contributed by atoms with Gasteiger partial charge in [-0.1, -0.05) is 39.8 Å². The van der Waals surface area contributed by atoms with Crippen molar-refractivity contribution in [3.05, 3.63) is 35.4 Å². The fraction of sp³-hybridized carbons (Fsp3) is 0.619. The number of aliphatic imine (C=N–C) groups is 1. The number of hydrogen-bond donors (Lipinski definition) is 2. The molecule has 0 fully saturated rings. The van der Waals surface area contributed by atoms with E-state index in [0.29, 0.717) is 5.92 Å². The molecule has 146 valence electrons. The normalized spacial score (nSPS) is 12.2. The average molecular weight is 361 g/mol. The first-order chi connectivity index (χ1) is 12.1. The zero-order valence-corrected chi connectivity index (χ0v) is 17.5. The first kappa shape index (κ1) is 22.0. The Morgan fingerprint density at radius 1 is 1.23 bits per heavy atom. The van der Waals surface area contributed by atoms with Crippen molar-refractivity contribution < 1.29 is 4.79 Å². The van der Waals surface area contributed by atoms with E-state index in [1.807, 2.05) is 18.2 Å². The van der Waals surface area contributed by atoms with Gasteiger partial charge in [0.15, 0.2) is 5.96 Å². The molecule has 0 aliphatic carbocycles. The molecule has 5 heteroatoms. The van der Waals surface area contributed by atoms with Crippen LogP contribution in [0.4, 0.5) is 0 Å². The van der Waals surface area contributed by atoms with E-state index in [0.717, 1.165) is 36.6 Å². The molecule has 1 rings (SSSR count). The zero-order valence-electron chi connectivity index (χ0n) is 17.5. The summed E-state index contributed by atoms with van der Waals surface area (Å²) >= 11 is 0. The van der Waals surface area contributed by atoms with E-state index < -0.39 is 0 Å². The van der Waals surface area contributed by atoms with Gasteiger partial charge in [-0.2, -0.15) is 0 Å². The Morgan fingerprint density at radius 2 is 1.92 bits per heavy atom. The first-order valence-corrected chi connectivity index (χ1v) is 9.40. The molecule has 0 radical (unpaired) electrons. The van der Waals surface area contributed by atoms with E-state index >= 15 is 0 Å². The molecule has 0 aliphatic heterocycles. The largest absolute Gasteiger partial charge is 0.356 e. The molecule has 1 aromatic rings. The fourth-order valence-electron chi connectivity index (χ4n) is 3.16. The van der Waals surface area contributed by atoms with E-state index in [-0.39, 0.29) is 11.3 Å². The van der Waals surface area contributed by atoms with Crippen LogP contribution in [0.1, 0.15) is 50.0 Å². The van der Waals surface area contributed by atoms with Gasteiger partial charge in [-0.05, 0) is 41.9 Å². The molecule has 0 saturated carbocycles. The van der Waals surface area contributed by atoms with Crippen molar-refractivity contribution in [1.82, 2.24) is 15.5 Å². The standard InChI is InChI=1S/C21H36N4O/c1-16(2)14-21(3,4)15-24-20(22-5)23-12-11-17-9-8-10-18(13-17)19(26)25(6)7/h8-10,13,16H,11-12,14-15H2,1-7H3,(H2,22,23,24). The lowest BCUT2D eigenvalue weighted by atomic mass is 9.84. The number of hydrogen-bond acceptors (Lipinski definition) is 2. The third kappa shape index (κ3) is 7.89. The molecule has 1 aromatic carbocycles. The molecule has 5 nitrogen and oxygen atoms in total. The molecule has 0 spiro atoms. The van der Waals surface area contributed by atoms with Crippen molar-refractivity contribution in [3.63, 3.8) is 0 Å². The van der Waals surface area contributed by atoms with Gasteiger partial charge < -0.3 is 15.5 Å². The molecule has 0 aromatic heterocycles. The Kier molecular flexibility index (Phi) is 8.62. The van der Waals surface area contributed by atoms with Gasteiger partial charge in [0, 0.05) is 39.8 Å². The second-order valence-electron chi connectivity index (χ2n) is 8.26. The molecular formula is C21H36N4O. The molecule has 2 N–H and O–H groups in total. The predicted molar refractivity (Wildman–Crippen MR) is 111 cm³/mol. The van der Waals surface area contributed by atoms with Crippen molar-refractivity contribution in [2.45, 2.75) is 40.5 Å². The average Bonchev–Trinajstić information content (AvgIpc) is 2.56. The maximum atomic E-state index is 12.1. The number of amides is 1. The Morgan fingerprint density at radius 3 is 2.50 bits per heavy atom. The Hall–Kier alpha value is -2.04. The highest BCUT2D eigenvalue weighted by Gasteiger charge is 2.19. The van der Waals surface area contributed by atoms with Crippen molar-refractivity contribution >= 4 is 11.9 Å². The number of guanidine groups is 1. The molecule has 0 bridgehead atoms. The third-order valence-corrected chi connectivity index (χ3v) is 4.21. The lowest BCUT2D eigenvalue weighted by Gasteiger charge is -2.28. The van der Waals surface area contributed by atoms with Crippen LogP contribution in [0.25, 0.3) is 0 Å². The number of nitrogens with one attached hydrogen (secondary N) is 2. The van der Waals surface area contributed by atoms with Gasteiger partial charge in [-0.25, -0.2) is 0 Å². The van der Waals surface area contributed by atoms with Crippen LogP contribution < -0.4 is 10.6 Å². The van der Waals surface area contributed by atoms with Crippen LogP contribution in [0.15, 0.2) is 29.3 Å². The molecule has 0 atom stereocenters. The smallest absolute Gasteiger partial charge is 0.253 e. The highest BCUT2D eigenvalue weighted by molar-refractivity contribution is 5.94. The summed E-state index contributed by atoms with van der Waals surface area (Å²) in [6.45, 7) is 10.7. The summed E-state index contributed by atoms with van der Waals surface area (Å²) in [5, 5.41) is 6.78. The minimum atomic E-state index is 0.0321.